The minimum absolute atomic E-state index is 0.175. The van der Waals surface area contributed by atoms with Crippen LogP contribution in [0.2, 0.25) is 0 Å². The van der Waals surface area contributed by atoms with Crippen LogP contribution in [0.25, 0.3) is 0 Å². The highest BCUT2D eigenvalue weighted by Gasteiger charge is 2.22. The van der Waals surface area contributed by atoms with E-state index in [-0.39, 0.29) is 11.7 Å². The van der Waals surface area contributed by atoms with E-state index in [9.17, 15) is 9.59 Å². The summed E-state index contributed by atoms with van der Waals surface area (Å²) in [6.07, 6.45) is -0.488. The van der Waals surface area contributed by atoms with Crippen molar-refractivity contribution in [2.45, 2.75) is 11.0 Å². The molecule has 1 aliphatic heterocycles. The Morgan fingerprint density at radius 3 is 2.95 bits per heavy atom. The zero-order valence-electron chi connectivity index (χ0n) is 10.9. The van der Waals surface area contributed by atoms with Crippen LogP contribution in [-0.2, 0) is 14.3 Å². The number of para-hydroxylation sites is 1. The molecule has 4 N–H and O–H groups in total. The molecule has 0 spiro atoms. The predicted molar refractivity (Wildman–Crippen MR) is 77.6 cm³/mol. The number of rotatable bonds is 5. The molecule has 0 aliphatic carbocycles. The monoisotopic (exact) mass is 295 g/mol. The molecule has 1 fully saturated rings. The molecule has 1 unspecified atom stereocenters. The van der Waals surface area contributed by atoms with Crippen LogP contribution < -0.4 is 16.4 Å². The Labute approximate surface area is 121 Å². The van der Waals surface area contributed by atoms with E-state index in [2.05, 4.69) is 10.6 Å². The number of hydrogen-bond donors (Lipinski definition) is 3. The highest BCUT2D eigenvalue weighted by Crippen LogP contribution is 2.26. The maximum Gasteiger partial charge on any atom is 0.254 e. The molecule has 2 rings (SSSR count). The number of nitrogens with one attached hydrogen (secondary N) is 2. The van der Waals surface area contributed by atoms with E-state index in [1.807, 2.05) is 18.2 Å². The summed E-state index contributed by atoms with van der Waals surface area (Å²) in [4.78, 5) is 23.7. The standard InChI is InChI=1S/C13H17N3O3S/c14-12(17)8-20-11-4-2-1-3-9(11)16-13(18)10-7-15-5-6-19-10/h1-4,10,15H,5-8H2,(H2,14,17)(H,16,18). The number of amides is 2. The first-order valence-corrected chi connectivity index (χ1v) is 7.28. The van der Waals surface area contributed by atoms with Gasteiger partial charge in [0.2, 0.25) is 5.91 Å². The van der Waals surface area contributed by atoms with Crippen LogP contribution in [0.4, 0.5) is 5.69 Å². The van der Waals surface area contributed by atoms with Crippen molar-refractivity contribution in [3.8, 4) is 0 Å². The quantitative estimate of drug-likeness (QED) is 0.674. The van der Waals surface area contributed by atoms with Crippen LogP contribution in [0.3, 0.4) is 0 Å². The second-order valence-corrected chi connectivity index (χ2v) is 5.32. The molecule has 0 radical (unpaired) electrons. The third kappa shape index (κ3) is 4.22. The van der Waals surface area contributed by atoms with Crippen molar-refractivity contribution >= 4 is 29.3 Å². The average molecular weight is 295 g/mol. The Bertz CT molecular complexity index is 490. The zero-order chi connectivity index (χ0) is 14.4. The van der Waals surface area contributed by atoms with Gasteiger partial charge in [0.1, 0.15) is 6.10 Å². The van der Waals surface area contributed by atoms with Crippen molar-refractivity contribution in [1.82, 2.24) is 5.32 Å². The predicted octanol–water partition coefficient (Wildman–Crippen LogP) is 0.191. The van der Waals surface area contributed by atoms with Crippen LogP contribution in [-0.4, -0.2) is 43.4 Å². The molecule has 1 aliphatic rings. The number of carbonyl (C=O) groups excluding carboxylic acids is 2. The first kappa shape index (κ1) is 14.8. The molecule has 1 saturated heterocycles. The molecule has 1 aromatic rings. The Morgan fingerprint density at radius 1 is 1.45 bits per heavy atom. The molecule has 0 saturated carbocycles. The van der Waals surface area contributed by atoms with Gasteiger partial charge >= 0.3 is 0 Å². The molecule has 0 bridgehead atoms. The summed E-state index contributed by atoms with van der Waals surface area (Å²) in [5.41, 5.74) is 5.80. The van der Waals surface area contributed by atoms with Crippen molar-refractivity contribution in [2.24, 2.45) is 5.73 Å². The lowest BCUT2D eigenvalue weighted by Gasteiger charge is -2.23. The number of ether oxygens (including phenoxy) is 1. The largest absolute Gasteiger partial charge is 0.369 e. The van der Waals surface area contributed by atoms with Gasteiger partial charge in [0.05, 0.1) is 18.0 Å². The van der Waals surface area contributed by atoms with Gasteiger partial charge in [-0.15, -0.1) is 11.8 Å². The van der Waals surface area contributed by atoms with Gasteiger partial charge in [-0.2, -0.15) is 0 Å². The van der Waals surface area contributed by atoms with Gasteiger partial charge in [0, 0.05) is 18.0 Å². The first-order chi connectivity index (χ1) is 9.66. The van der Waals surface area contributed by atoms with Gasteiger partial charge in [-0.05, 0) is 12.1 Å². The fourth-order valence-corrected chi connectivity index (χ4v) is 2.54. The van der Waals surface area contributed by atoms with Crippen molar-refractivity contribution in [1.29, 1.82) is 0 Å². The second kappa shape index (κ2) is 7.28. The Balaban J connectivity index is 2.00. The topological polar surface area (TPSA) is 93.5 Å². The second-order valence-electron chi connectivity index (χ2n) is 4.30. The van der Waals surface area contributed by atoms with Crippen molar-refractivity contribution in [2.75, 3.05) is 30.8 Å². The van der Waals surface area contributed by atoms with Crippen LogP contribution in [0.5, 0.6) is 0 Å². The molecule has 2 amide bonds. The Hall–Kier alpha value is -1.57. The summed E-state index contributed by atoms with van der Waals surface area (Å²) in [6, 6.07) is 7.29. The van der Waals surface area contributed by atoms with E-state index in [0.29, 0.717) is 18.8 Å². The number of anilines is 1. The number of hydrogen-bond acceptors (Lipinski definition) is 5. The summed E-state index contributed by atoms with van der Waals surface area (Å²) in [7, 11) is 0. The van der Waals surface area contributed by atoms with E-state index in [1.165, 1.54) is 11.8 Å². The van der Waals surface area contributed by atoms with Crippen LogP contribution >= 0.6 is 11.8 Å². The third-order valence-corrected chi connectivity index (χ3v) is 3.83. The van der Waals surface area contributed by atoms with Gasteiger partial charge in [-0.1, -0.05) is 12.1 Å². The molecule has 108 valence electrons. The SMILES string of the molecule is NC(=O)CSc1ccccc1NC(=O)C1CNCCO1. The maximum atomic E-state index is 12.1. The fraction of sp³-hybridized carbons (Fsp3) is 0.385. The lowest BCUT2D eigenvalue weighted by Crippen LogP contribution is -2.45. The molecular formula is C13H17N3O3S. The van der Waals surface area contributed by atoms with Crippen LogP contribution in [0.15, 0.2) is 29.2 Å². The van der Waals surface area contributed by atoms with Gasteiger partial charge in [-0.3, -0.25) is 9.59 Å². The van der Waals surface area contributed by atoms with E-state index in [4.69, 9.17) is 10.5 Å². The molecule has 0 aromatic heterocycles. The summed E-state index contributed by atoms with van der Waals surface area (Å²) in [6.45, 7) is 1.79. The highest BCUT2D eigenvalue weighted by molar-refractivity contribution is 8.00. The third-order valence-electron chi connectivity index (χ3n) is 2.73. The minimum atomic E-state index is -0.488. The zero-order valence-corrected chi connectivity index (χ0v) is 11.7. The molecule has 1 heterocycles. The van der Waals surface area contributed by atoms with Crippen LogP contribution in [0, 0.1) is 0 Å². The highest BCUT2D eigenvalue weighted by atomic mass is 32.2. The van der Waals surface area contributed by atoms with Gasteiger partial charge in [-0.25, -0.2) is 0 Å². The van der Waals surface area contributed by atoms with Gasteiger partial charge in [0.15, 0.2) is 0 Å². The molecule has 6 nitrogen and oxygen atoms in total. The van der Waals surface area contributed by atoms with Crippen molar-refractivity contribution < 1.29 is 14.3 Å². The number of primary amides is 1. The number of morpholine rings is 1. The summed E-state index contributed by atoms with van der Waals surface area (Å²) < 4.78 is 5.39. The molecule has 20 heavy (non-hydrogen) atoms. The fourth-order valence-electron chi connectivity index (χ4n) is 1.79. The van der Waals surface area contributed by atoms with Crippen molar-refractivity contribution in [3.05, 3.63) is 24.3 Å². The van der Waals surface area contributed by atoms with E-state index in [0.717, 1.165) is 11.4 Å². The van der Waals surface area contributed by atoms with Crippen LogP contribution in [0.1, 0.15) is 0 Å². The summed E-state index contributed by atoms with van der Waals surface area (Å²) in [5, 5.41) is 5.93. The van der Waals surface area contributed by atoms with Gasteiger partial charge in [0.25, 0.3) is 5.91 Å². The average Bonchev–Trinajstić information content (AvgIpc) is 2.47. The molecule has 1 atom stereocenters. The minimum Gasteiger partial charge on any atom is -0.369 e. The first-order valence-electron chi connectivity index (χ1n) is 6.30. The van der Waals surface area contributed by atoms with E-state index >= 15 is 0 Å². The molecule has 1 aromatic carbocycles. The Morgan fingerprint density at radius 2 is 2.25 bits per heavy atom. The van der Waals surface area contributed by atoms with Crippen molar-refractivity contribution in [3.63, 3.8) is 0 Å². The number of benzene rings is 1. The summed E-state index contributed by atoms with van der Waals surface area (Å²) in [5.74, 6) is -0.408. The normalized spacial score (nSPS) is 18.5. The lowest BCUT2D eigenvalue weighted by molar-refractivity contribution is -0.128. The number of nitrogens with two attached hydrogens (primary N) is 1. The molecular weight excluding hydrogens is 278 g/mol. The number of carbonyl (C=O) groups is 2. The summed E-state index contributed by atoms with van der Waals surface area (Å²) >= 11 is 1.30. The maximum absolute atomic E-state index is 12.1. The van der Waals surface area contributed by atoms with E-state index < -0.39 is 12.0 Å². The molecule has 7 heteroatoms. The Kier molecular flexibility index (Phi) is 5.40. The van der Waals surface area contributed by atoms with E-state index in [1.54, 1.807) is 6.07 Å². The number of thioether (sulfide) groups is 1. The smallest absolute Gasteiger partial charge is 0.254 e. The lowest BCUT2D eigenvalue weighted by atomic mass is 10.2. The van der Waals surface area contributed by atoms with Gasteiger partial charge < -0.3 is 21.1 Å².